The molecule has 2 aromatic rings. The second kappa shape index (κ2) is 5.14. The fraction of sp³-hybridized carbons (Fsp3) is 0.143. The summed E-state index contributed by atoms with van der Waals surface area (Å²) in [5.74, 6) is -0.804. The Bertz CT molecular complexity index is 602. The van der Waals surface area contributed by atoms with E-state index in [9.17, 15) is 8.78 Å². The van der Waals surface area contributed by atoms with E-state index in [1.807, 2.05) is 0 Å². The number of methoxy groups -OCH3 is 1. The molecule has 0 bridgehead atoms. The monoisotopic (exact) mass is 264 g/mol. The smallest absolute Gasteiger partial charge is 0.167 e. The van der Waals surface area contributed by atoms with E-state index in [1.54, 1.807) is 24.1 Å². The molecule has 3 nitrogen and oxygen atoms in total. The van der Waals surface area contributed by atoms with Gasteiger partial charge < -0.3 is 15.4 Å². The summed E-state index contributed by atoms with van der Waals surface area (Å²) in [7, 11) is 3.11. The maximum atomic E-state index is 13.6. The minimum Gasteiger partial charge on any atom is -0.494 e. The van der Waals surface area contributed by atoms with Crippen LogP contribution in [0.3, 0.4) is 0 Å². The number of hydrogen-bond acceptors (Lipinski definition) is 3. The second-order valence-electron chi connectivity index (χ2n) is 4.08. The Morgan fingerprint density at radius 1 is 1.00 bits per heavy atom. The fourth-order valence-electron chi connectivity index (χ4n) is 1.74. The van der Waals surface area contributed by atoms with Crippen molar-refractivity contribution in [1.82, 2.24) is 0 Å². The number of halogens is 2. The number of hydrogen-bond donors (Lipinski definition) is 1. The molecule has 0 amide bonds. The molecule has 0 radical (unpaired) electrons. The van der Waals surface area contributed by atoms with E-state index >= 15 is 0 Å². The number of benzene rings is 2. The Hall–Kier alpha value is -2.30. The van der Waals surface area contributed by atoms with Crippen molar-refractivity contribution in [2.75, 3.05) is 24.8 Å². The molecule has 0 spiro atoms. The maximum Gasteiger partial charge on any atom is 0.167 e. The Morgan fingerprint density at radius 2 is 1.58 bits per heavy atom. The Labute approximate surface area is 110 Å². The van der Waals surface area contributed by atoms with Gasteiger partial charge in [-0.05, 0) is 30.3 Å². The number of ether oxygens (including phenoxy) is 1. The van der Waals surface area contributed by atoms with E-state index in [-0.39, 0.29) is 11.4 Å². The van der Waals surface area contributed by atoms with Gasteiger partial charge in [0.25, 0.3) is 0 Å². The van der Waals surface area contributed by atoms with Crippen LogP contribution >= 0.6 is 0 Å². The van der Waals surface area contributed by atoms with Crippen LogP contribution < -0.4 is 15.4 Å². The van der Waals surface area contributed by atoms with Gasteiger partial charge in [-0.15, -0.1) is 0 Å². The van der Waals surface area contributed by atoms with Gasteiger partial charge in [-0.3, -0.25) is 0 Å². The minimum atomic E-state index is -0.502. The van der Waals surface area contributed by atoms with Crippen LogP contribution in [0, 0.1) is 11.6 Å². The van der Waals surface area contributed by atoms with Crippen LogP contribution in [-0.4, -0.2) is 14.2 Å². The van der Waals surface area contributed by atoms with Gasteiger partial charge in [0.05, 0.1) is 12.8 Å². The Morgan fingerprint density at radius 3 is 2.11 bits per heavy atom. The molecule has 2 aromatic carbocycles. The summed E-state index contributed by atoms with van der Waals surface area (Å²) in [6.45, 7) is 0. The van der Waals surface area contributed by atoms with Crippen LogP contribution in [0.15, 0.2) is 36.4 Å². The zero-order valence-electron chi connectivity index (χ0n) is 10.7. The van der Waals surface area contributed by atoms with E-state index < -0.39 is 11.6 Å². The van der Waals surface area contributed by atoms with Crippen molar-refractivity contribution in [3.8, 4) is 5.75 Å². The van der Waals surface area contributed by atoms with Crippen molar-refractivity contribution in [1.29, 1.82) is 0 Å². The highest BCUT2D eigenvalue weighted by molar-refractivity contribution is 5.65. The molecule has 0 aliphatic rings. The molecule has 0 aliphatic carbocycles. The predicted molar refractivity (Wildman–Crippen MR) is 71.8 cm³/mol. The largest absolute Gasteiger partial charge is 0.494 e. The minimum absolute atomic E-state index is 0.0815. The molecule has 100 valence electrons. The van der Waals surface area contributed by atoms with E-state index in [2.05, 4.69) is 0 Å². The van der Waals surface area contributed by atoms with Crippen LogP contribution in [0.25, 0.3) is 0 Å². The van der Waals surface area contributed by atoms with Crippen molar-refractivity contribution >= 4 is 17.1 Å². The summed E-state index contributed by atoms with van der Waals surface area (Å²) in [6, 6.07) is 8.98. The number of nitrogens with two attached hydrogens (primary N) is 1. The van der Waals surface area contributed by atoms with E-state index in [0.29, 0.717) is 11.4 Å². The summed E-state index contributed by atoms with van der Waals surface area (Å²) in [6.07, 6.45) is 0. The molecule has 19 heavy (non-hydrogen) atoms. The molecule has 2 N–H and O–H groups in total. The van der Waals surface area contributed by atoms with E-state index in [4.69, 9.17) is 10.5 Å². The summed E-state index contributed by atoms with van der Waals surface area (Å²) in [4.78, 5) is 1.66. The zero-order valence-corrected chi connectivity index (χ0v) is 10.7. The normalized spacial score (nSPS) is 10.3. The highest BCUT2D eigenvalue weighted by Gasteiger charge is 2.10. The standard InChI is InChI=1S/C14H14F2N2O/c1-18(9-3-5-13(17)11(15)7-9)10-4-6-14(19-2)12(16)8-10/h3-8H,17H2,1-2H3. The van der Waals surface area contributed by atoms with Gasteiger partial charge in [-0.1, -0.05) is 0 Å². The first-order valence-electron chi connectivity index (χ1n) is 5.65. The molecule has 5 heteroatoms. The number of nitrogens with zero attached hydrogens (tertiary/aromatic N) is 1. The third-order valence-electron chi connectivity index (χ3n) is 2.89. The lowest BCUT2D eigenvalue weighted by atomic mass is 10.2. The lowest BCUT2D eigenvalue weighted by Crippen LogP contribution is -2.10. The van der Waals surface area contributed by atoms with Crippen molar-refractivity contribution in [3.63, 3.8) is 0 Å². The van der Waals surface area contributed by atoms with Crippen LogP contribution in [0.1, 0.15) is 0 Å². The lowest BCUT2D eigenvalue weighted by Gasteiger charge is -2.20. The molecule has 0 atom stereocenters. The van der Waals surface area contributed by atoms with Crippen molar-refractivity contribution in [3.05, 3.63) is 48.0 Å². The molecule has 0 saturated carbocycles. The highest BCUT2D eigenvalue weighted by atomic mass is 19.1. The average Bonchev–Trinajstić information content (AvgIpc) is 2.41. The van der Waals surface area contributed by atoms with Gasteiger partial charge in [-0.25, -0.2) is 8.78 Å². The molecule has 0 unspecified atom stereocenters. The number of anilines is 3. The van der Waals surface area contributed by atoms with Crippen LogP contribution in [-0.2, 0) is 0 Å². The second-order valence-corrected chi connectivity index (χ2v) is 4.08. The van der Waals surface area contributed by atoms with Crippen LogP contribution in [0.5, 0.6) is 5.75 Å². The van der Waals surface area contributed by atoms with E-state index in [0.717, 1.165) is 0 Å². The SMILES string of the molecule is COc1ccc(N(C)c2ccc(N)c(F)c2)cc1F. The van der Waals surface area contributed by atoms with E-state index in [1.165, 1.54) is 31.4 Å². The number of nitrogen functional groups attached to an aromatic ring is 1. The lowest BCUT2D eigenvalue weighted by molar-refractivity contribution is 0.386. The maximum absolute atomic E-state index is 13.6. The molecule has 0 fully saturated rings. The Kier molecular flexibility index (Phi) is 3.55. The first kappa shape index (κ1) is 13.1. The summed E-state index contributed by atoms with van der Waals surface area (Å²) >= 11 is 0. The molecule has 0 saturated heterocycles. The summed E-state index contributed by atoms with van der Waals surface area (Å²) in [5.41, 5.74) is 6.67. The van der Waals surface area contributed by atoms with Gasteiger partial charge in [0.1, 0.15) is 5.82 Å². The third kappa shape index (κ3) is 2.59. The molecular formula is C14H14F2N2O. The van der Waals surface area contributed by atoms with Gasteiger partial charge in [0.15, 0.2) is 11.6 Å². The molecule has 2 rings (SSSR count). The quantitative estimate of drug-likeness (QED) is 0.864. The topological polar surface area (TPSA) is 38.5 Å². The van der Waals surface area contributed by atoms with Gasteiger partial charge in [-0.2, -0.15) is 0 Å². The summed E-state index contributed by atoms with van der Waals surface area (Å²) < 4.78 is 31.9. The number of rotatable bonds is 3. The average molecular weight is 264 g/mol. The zero-order chi connectivity index (χ0) is 14.0. The van der Waals surface area contributed by atoms with Gasteiger partial charge in [0.2, 0.25) is 0 Å². The van der Waals surface area contributed by atoms with Gasteiger partial charge in [0, 0.05) is 24.5 Å². The predicted octanol–water partition coefficient (Wildman–Crippen LogP) is 3.32. The van der Waals surface area contributed by atoms with Crippen LogP contribution in [0.4, 0.5) is 25.8 Å². The van der Waals surface area contributed by atoms with Gasteiger partial charge >= 0.3 is 0 Å². The van der Waals surface area contributed by atoms with Crippen molar-refractivity contribution < 1.29 is 13.5 Å². The first-order valence-corrected chi connectivity index (χ1v) is 5.65. The Balaban J connectivity index is 2.35. The first-order chi connectivity index (χ1) is 9.02. The molecule has 0 heterocycles. The summed E-state index contributed by atoms with van der Waals surface area (Å²) in [5, 5.41) is 0. The molecule has 0 aliphatic heterocycles. The fourth-order valence-corrected chi connectivity index (χ4v) is 1.74. The van der Waals surface area contributed by atoms with Crippen molar-refractivity contribution in [2.45, 2.75) is 0 Å². The highest BCUT2D eigenvalue weighted by Crippen LogP contribution is 2.29. The van der Waals surface area contributed by atoms with Crippen molar-refractivity contribution in [2.24, 2.45) is 0 Å². The third-order valence-corrected chi connectivity index (χ3v) is 2.89. The molecule has 0 aromatic heterocycles. The van der Waals surface area contributed by atoms with Crippen LogP contribution in [0.2, 0.25) is 0 Å². The molecular weight excluding hydrogens is 250 g/mol.